The topological polar surface area (TPSA) is 37.3 Å². The minimum absolute atomic E-state index is 0.633. The van der Waals surface area contributed by atoms with Crippen LogP contribution in [0, 0.1) is 0 Å². The molecule has 33 heavy (non-hydrogen) atoms. The van der Waals surface area contributed by atoms with E-state index in [1.807, 2.05) is 18.2 Å². The van der Waals surface area contributed by atoms with Crippen LogP contribution in [0.2, 0.25) is 0 Å². The van der Waals surface area contributed by atoms with Crippen LogP contribution in [0.25, 0.3) is 0 Å². The Balaban J connectivity index is 1.75. The van der Waals surface area contributed by atoms with E-state index in [-0.39, 0.29) is 0 Å². The van der Waals surface area contributed by atoms with Crippen molar-refractivity contribution in [1.29, 1.82) is 0 Å². The quantitative estimate of drug-likeness (QED) is 0.367. The molecule has 2 bridgehead atoms. The van der Waals surface area contributed by atoms with Crippen LogP contribution in [0.1, 0.15) is 0 Å². The van der Waals surface area contributed by atoms with E-state index in [0.29, 0.717) is 13.2 Å². The fraction of sp³-hybridized carbons (Fsp3) is 0.696. The van der Waals surface area contributed by atoms with Gasteiger partial charge in [0.1, 0.15) is 13.2 Å². The molecule has 0 amide bonds. The summed E-state index contributed by atoms with van der Waals surface area (Å²) in [4.78, 5) is 9.22. The molecule has 3 aliphatic rings. The van der Waals surface area contributed by atoms with E-state index >= 15 is 0 Å². The van der Waals surface area contributed by atoms with E-state index in [0.717, 1.165) is 56.5 Å². The number of hydrogen-bond donors (Lipinski definition) is 0. The molecule has 0 spiro atoms. The molecule has 0 radical (unpaired) electrons. The van der Waals surface area contributed by atoms with Gasteiger partial charge in [0, 0.05) is 91.4 Å². The van der Waals surface area contributed by atoms with Crippen molar-refractivity contribution in [2.45, 2.75) is 0 Å². The van der Waals surface area contributed by atoms with Crippen LogP contribution in [0.4, 0.5) is 5.69 Å². The highest BCUT2D eigenvalue weighted by molar-refractivity contribution is 8.03. The van der Waals surface area contributed by atoms with Gasteiger partial charge in [-0.2, -0.15) is 52.0 Å². The van der Waals surface area contributed by atoms with Crippen molar-refractivity contribution in [3.05, 3.63) is 18.2 Å². The van der Waals surface area contributed by atoms with Crippen LogP contribution in [0.5, 0.6) is 11.5 Å². The van der Waals surface area contributed by atoms with Gasteiger partial charge in [-0.25, -0.2) is 0 Å². The van der Waals surface area contributed by atoms with Gasteiger partial charge in [0.25, 0.3) is 0 Å². The predicted molar refractivity (Wildman–Crippen MR) is 154 cm³/mol. The monoisotopic (exact) mass is 545 g/mol. The number of fused-ring (bicyclic) bond motifs is 18. The summed E-state index contributed by atoms with van der Waals surface area (Å²) in [5.74, 6) is 11.2. The summed E-state index contributed by atoms with van der Waals surface area (Å²) < 4.78 is 12.4. The van der Waals surface area contributed by atoms with Crippen molar-refractivity contribution >= 4 is 70.1 Å². The summed E-state index contributed by atoms with van der Waals surface area (Å²) in [7, 11) is 0. The van der Waals surface area contributed by atoms with Crippen LogP contribution < -0.4 is 9.47 Å². The smallest absolute Gasteiger partial charge is 0.163 e. The molecule has 1 aromatic carbocycles. The number of hydrogen-bond acceptors (Lipinski definition) is 10. The fourth-order valence-corrected chi connectivity index (χ4v) is 7.87. The SMILES string of the molecule is S=C=Nc1ccc2c(c1)OCCN1CCSCCSCCN(CCO2)CCSCCSCC1. The highest BCUT2D eigenvalue weighted by atomic mass is 32.2. The van der Waals surface area contributed by atoms with Crippen LogP contribution in [-0.2, 0) is 0 Å². The molecule has 0 unspecified atom stereocenters. The standard InChI is InChI=1S/C23H35N3O2S5/c29-20-24-21-1-2-22-23(19-21)28-10-4-26-7-13-32-17-15-30-11-5-25(3-9-27-22)6-12-31-16-18-33-14-8-26/h1-2,19H,3-18H2. The molecular weight excluding hydrogens is 511 g/mol. The van der Waals surface area contributed by atoms with Crippen molar-refractivity contribution in [2.75, 3.05) is 98.5 Å². The van der Waals surface area contributed by atoms with Gasteiger partial charge in [-0.15, -0.1) is 0 Å². The number of thioether (sulfide) groups is 4. The van der Waals surface area contributed by atoms with Crippen LogP contribution in [0.3, 0.4) is 0 Å². The van der Waals surface area contributed by atoms with Crippen LogP contribution >= 0.6 is 59.3 Å². The molecule has 5 nitrogen and oxygen atoms in total. The summed E-state index contributed by atoms with van der Waals surface area (Å²) >= 11 is 13.1. The van der Waals surface area contributed by atoms with Gasteiger partial charge in [-0.1, -0.05) is 0 Å². The second kappa shape index (κ2) is 17.4. The maximum atomic E-state index is 6.22. The Kier molecular flexibility index (Phi) is 14.5. The largest absolute Gasteiger partial charge is 0.488 e. The number of aliphatic imine (C=N–C) groups is 1. The maximum Gasteiger partial charge on any atom is 0.163 e. The molecule has 0 N–H and O–H groups in total. The number of isothiocyanates is 1. The molecule has 184 valence electrons. The van der Waals surface area contributed by atoms with Crippen LogP contribution in [0.15, 0.2) is 23.2 Å². The molecular formula is C23H35N3O2S5. The molecule has 4 rings (SSSR count). The molecule has 0 saturated carbocycles. The number of rotatable bonds is 1. The third-order valence-corrected chi connectivity index (χ3v) is 9.85. The van der Waals surface area contributed by atoms with Crippen molar-refractivity contribution in [2.24, 2.45) is 4.99 Å². The Morgan fingerprint density at radius 1 is 0.667 bits per heavy atom. The summed E-state index contributed by atoms with van der Waals surface area (Å²) in [6.45, 7) is 7.59. The normalized spacial score (nSPS) is 24.8. The second-order valence-electron chi connectivity index (χ2n) is 7.66. The van der Waals surface area contributed by atoms with E-state index in [1.54, 1.807) is 0 Å². The zero-order valence-electron chi connectivity index (χ0n) is 19.2. The van der Waals surface area contributed by atoms with E-state index in [4.69, 9.17) is 21.7 Å². The Morgan fingerprint density at radius 2 is 1.15 bits per heavy atom. The van der Waals surface area contributed by atoms with Crippen molar-refractivity contribution < 1.29 is 9.47 Å². The van der Waals surface area contributed by atoms with Crippen molar-refractivity contribution in [1.82, 2.24) is 9.80 Å². The van der Waals surface area contributed by atoms with Crippen molar-refractivity contribution in [3.8, 4) is 11.5 Å². The third-order valence-electron chi connectivity index (χ3n) is 5.38. The molecule has 1 saturated heterocycles. The Hall–Kier alpha value is -0.0600. The molecule has 0 aliphatic carbocycles. The van der Waals surface area contributed by atoms with Gasteiger partial charge in [-0.05, 0) is 24.4 Å². The van der Waals surface area contributed by atoms with Crippen LogP contribution in [-0.4, -0.2) is 113 Å². The lowest BCUT2D eigenvalue weighted by atomic mass is 10.3. The second-order valence-corrected chi connectivity index (χ2v) is 12.7. The lowest BCUT2D eigenvalue weighted by Gasteiger charge is -2.24. The highest BCUT2D eigenvalue weighted by Gasteiger charge is 2.12. The number of ether oxygens (including phenoxy) is 2. The molecule has 1 aromatic rings. The summed E-state index contributed by atoms with van der Waals surface area (Å²) in [6, 6.07) is 5.76. The average molecular weight is 546 g/mol. The minimum atomic E-state index is 0.633. The fourth-order valence-electron chi connectivity index (χ4n) is 3.51. The summed E-state index contributed by atoms with van der Waals surface area (Å²) in [5, 5.41) is 2.45. The number of thiocarbonyl (C=S) groups is 1. The first-order valence-electron chi connectivity index (χ1n) is 11.6. The molecule has 0 aromatic heterocycles. The maximum absolute atomic E-state index is 6.22. The number of nitrogens with zero attached hydrogens (tertiary/aromatic N) is 3. The molecule has 3 heterocycles. The summed E-state index contributed by atoms with van der Waals surface area (Å²) in [5.41, 5.74) is 0.747. The van der Waals surface area contributed by atoms with E-state index in [2.05, 4.69) is 67.0 Å². The lowest BCUT2D eigenvalue weighted by Crippen LogP contribution is -2.33. The third kappa shape index (κ3) is 11.5. The Labute approximate surface area is 221 Å². The van der Waals surface area contributed by atoms with Gasteiger partial charge < -0.3 is 9.47 Å². The van der Waals surface area contributed by atoms with E-state index in [1.165, 1.54) is 46.0 Å². The first kappa shape index (κ1) is 27.5. The zero-order chi connectivity index (χ0) is 23.0. The highest BCUT2D eigenvalue weighted by Crippen LogP contribution is 2.32. The van der Waals surface area contributed by atoms with Gasteiger partial charge in [-0.3, -0.25) is 9.80 Å². The Morgan fingerprint density at radius 3 is 1.64 bits per heavy atom. The molecule has 0 atom stereocenters. The first-order valence-corrected chi connectivity index (χ1v) is 16.6. The molecule has 3 aliphatic heterocycles. The van der Waals surface area contributed by atoms with Gasteiger partial charge in [0.2, 0.25) is 0 Å². The predicted octanol–water partition coefficient (Wildman–Crippen LogP) is 4.74. The molecule has 1 fully saturated rings. The zero-order valence-corrected chi connectivity index (χ0v) is 23.3. The van der Waals surface area contributed by atoms with Crippen molar-refractivity contribution in [3.63, 3.8) is 0 Å². The lowest BCUT2D eigenvalue weighted by molar-refractivity contribution is 0.200. The minimum Gasteiger partial charge on any atom is -0.488 e. The van der Waals surface area contributed by atoms with E-state index < -0.39 is 0 Å². The Bertz CT molecular complexity index is 716. The molecule has 10 heteroatoms. The van der Waals surface area contributed by atoms with Gasteiger partial charge in [0.05, 0.1) is 10.8 Å². The van der Waals surface area contributed by atoms with Gasteiger partial charge >= 0.3 is 0 Å². The van der Waals surface area contributed by atoms with Gasteiger partial charge in [0.15, 0.2) is 11.5 Å². The average Bonchev–Trinajstić information content (AvgIpc) is 2.81. The summed E-state index contributed by atoms with van der Waals surface area (Å²) in [6.07, 6.45) is 0. The first-order chi connectivity index (χ1) is 16.3. The number of benzene rings is 1. The van der Waals surface area contributed by atoms with E-state index in [9.17, 15) is 0 Å².